The molecule has 4 aromatic carbocycles. The highest BCUT2D eigenvalue weighted by atomic mass is 19.1. The molecule has 7 aromatic rings. The number of ether oxygens (including phenoxy) is 1. The number of hydrogen-bond donors (Lipinski definition) is 0. The zero-order valence-corrected chi connectivity index (χ0v) is 25.5. The van der Waals surface area contributed by atoms with Crippen LogP contribution in [-0.4, -0.2) is 19.3 Å². The van der Waals surface area contributed by atoms with E-state index in [-0.39, 0.29) is 11.2 Å². The van der Waals surface area contributed by atoms with E-state index in [1.54, 1.807) is 6.07 Å². The first kappa shape index (κ1) is 27.6. The van der Waals surface area contributed by atoms with Gasteiger partial charge in [0.25, 0.3) is 0 Å². The summed E-state index contributed by atoms with van der Waals surface area (Å²) < 4.78 is 24.9. The molecule has 3 heterocycles. The molecule has 0 unspecified atom stereocenters. The van der Waals surface area contributed by atoms with Crippen LogP contribution in [0.2, 0.25) is 0 Å². The highest BCUT2D eigenvalue weighted by Gasteiger charge is 2.19. The molecule has 44 heavy (non-hydrogen) atoms. The number of rotatable bonds is 5. The molecular formula is C38H33FN4O. The Morgan fingerprint density at radius 1 is 0.727 bits per heavy atom. The van der Waals surface area contributed by atoms with Gasteiger partial charge in [0.2, 0.25) is 0 Å². The Morgan fingerprint density at radius 2 is 1.52 bits per heavy atom. The first-order valence-electron chi connectivity index (χ1n) is 14.8. The predicted molar refractivity (Wildman–Crippen MR) is 176 cm³/mol. The molecule has 0 radical (unpaired) electrons. The first-order valence-corrected chi connectivity index (χ1v) is 14.8. The first-order chi connectivity index (χ1) is 21.2. The van der Waals surface area contributed by atoms with E-state index < -0.39 is 0 Å². The van der Waals surface area contributed by atoms with Gasteiger partial charge in [0.05, 0.1) is 22.4 Å². The van der Waals surface area contributed by atoms with Gasteiger partial charge in [-0.1, -0.05) is 57.2 Å². The van der Waals surface area contributed by atoms with E-state index in [0.717, 1.165) is 55.8 Å². The summed E-state index contributed by atoms with van der Waals surface area (Å²) in [6.07, 6.45) is 1.84. The topological polar surface area (TPSA) is 44.9 Å². The van der Waals surface area contributed by atoms with E-state index in [1.165, 1.54) is 11.6 Å². The summed E-state index contributed by atoms with van der Waals surface area (Å²) in [5, 5.41) is 6.63. The van der Waals surface area contributed by atoms with Crippen LogP contribution in [0.3, 0.4) is 0 Å². The van der Waals surface area contributed by atoms with Crippen molar-refractivity contribution >= 4 is 21.8 Å². The monoisotopic (exact) mass is 580 g/mol. The number of aromatic nitrogens is 4. The lowest BCUT2D eigenvalue weighted by molar-refractivity contribution is 0.482. The van der Waals surface area contributed by atoms with Crippen LogP contribution < -0.4 is 4.74 Å². The Bertz CT molecular complexity index is 2170. The average molecular weight is 581 g/mol. The number of fused-ring (bicyclic) bond motifs is 3. The maximum absolute atomic E-state index is 14.4. The summed E-state index contributed by atoms with van der Waals surface area (Å²) in [7, 11) is 0. The Kier molecular flexibility index (Phi) is 6.58. The summed E-state index contributed by atoms with van der Waals surface area (Å²) >= 11 is 0. The molecule has 0 fully saturated rings. The Morgan fingerprint density at radius 3 is 2.32 bits per heavy atom. The number of hydrogen-bond acceptors (Lipinski definition) is 3. The fourth-order valence-electron chi connectivity index (χ4n) is 6.02. The molecular weight excluding hydrogens is 547 g/mol. The summed E-state index contributed by atoms with van der Waals surface area (Å²) in [5.74, 6) is 1.87. The molecule has 0 aliphatic rings. The van der Waals surface area contributed by atoms with Crippen LogP contribution in [0.1, 0.15) is 37.7 Å². The third-order valence-corrected chi connectivity index (χ3v) is 8.19. The summed E-state index contributed by atoms with van der Waals surface area (Å²) in [5.41, 5.74) is 8.13. The normalized spacial score (nSPS) is 11.9. The summed E-state index contributed by atoms with van der Waals surface area (Å²) in [6, 6.07) is 33.3. The Hall–Kier alpha value is -5.23. The van der Waals surface area contributed by atoms with Crippen LogP contribution in [-0.2, 0) is 5.41 Å². The fourth-order valence-corrected chi connectivity index (χ4v) is 6.02. The molecule has 0 aliphatic carbocycles. The minimum Gasteiger partial charge on any atom is -0.457 e. The highest BCUT2D eigenvalue weighted by Crippen LogP contribution is 2.37. The maximum Gasteiger partial charge on any atom is 0.137 e. The lowest BCUT2D eigenvalue weighted by atomic mass is 9.88. The van der Waals surface area contributed by atoms with E-state index in [1.807, 2.05) is 90.6 Å². The van der Waals surface area contributed by atoms with Gasteiger partial charge >= 0.3 is 0 Å². The van der Waals surface area contributed by atoms with Crippen molar-refractivity contribution in [2.24, 2.45) is 0 Å². The lowest BCUT2D eigenvalue weighted by Crippen LogP contribution is -2.12. The van der Waals surface area contributed by atoms with E-state index in [0.29, 0.717) is 11.5 Å². The number of benzene rings is 4. The van der Waals surface area contributed by atoms with Gasteiger partial charge in [0.15, 0.2) is 0 Å². The zero-order valence-electron chi connectivity index (χ0n) is 25.5. The zero-order chi connectivity index (χ0) is 30.6. The van der Waals surface area contributed by atoms with Crippen molar-refractivity contribution < 1.29 is 9.13 Å². The minimum absolute atomic E-state index is 0.0465. The number of halogens is 1. The molecule has 0 atom stereocenters. The van der Waals surface area contributed by atoms with Gasteiger partial charge in [-0.25, -0.2) is 14.1 Å². The van der Waals surface area contributed by atoms with Crippen LogP contribution in [0.15, 0.2) is 109 Å². The molecule has 0 aliphatic heterocycles. The van der Waals surface area contributed by atoms with Gasteiger partial charge in [-0.3, -0.25) is 4.57 Å². The second kappa shape index (κ2) is 10.5. The van der Waals surface area contributed by atoms with Crippen LogP contribution in [0.25, 0.3) is 44.4 Å². The van der Waals surface area contributed by atoms with Crippen molar-refractivity contribution in [2.45, 2.75) is 40.0 Å². The largest absolute Gasteiger partial charge is 0.457 e. The predicted octanol–water partition coefficient (Wildman–Crippen LogP) is 9.88. The van der Waals surface area contributed by atoms with E-state index >= 15 is 0 Å². The Labute approximate surface area is 256 Å². The third-order valence-electron chi connectivity index (χ3n) is 8.19. The van der Waals surface area contributed by atoms with Crippen LogP contribution in [0.5, 0.6) is 11.5 Å². The van der Waals surface area contributed by atoms with Gasteiger partial charge in [0.1, 0.15) is 23.1 Å². The van der Waals surface area contributed by atoms with Crippen molar-refractivity contribution in [1.29, 1.82) is 0 Å². The molecule has 218 valence electrons. The van der Waals surface area contributed by atoms with Gasteiger partial charge in [-0.15, -0.1) is 0 Å². The van der Waals surface area contributed by atoms with Crippen molar-refractivity contribution in [3.8, 4) is 34.1 Å². The Balaban J connectivity index is 1.30. The number of pyridine rings is 1. The van der Waals surface area contributed by atoms with Gasteiger partial charge < -0.3 is 4.74 Å². The smallest absolute Gasteiger partial charge is 0.137 e. The summed E-state index contributed by atoms with van der Waals surface area (Å²) in [6.45, 7) is 10.7. The van der Waals surface area contributed by atoms with E-state index in [2.05, 4.69) is 50.5 Å². The average Bonchev–Trinajstić information content (AvgIpc) is 3.49. The maximum atomic E-state index is 14.4. The van der Waals surface area contributed by atoms with Gasteiger partial charge in [-0.05, 0) is 85.0 Å². The second-order valence-electron chi connectivity index (χ2n) is 12.3. The quantitative estimate of drug-likeness (QED) is 0.204. The molecule has 3 aromatic heterocycles. The number of aryl methyl sites for hydroxylation is 1. The molecule has 0 spiro atoms. The minimum atomic E-state index is -0.273. The lowest BCUT2D eigenvalue weighted by Gasteiger charge is -2.20. The van der Waals surface area contributed by atoms with Crippen LogP contribution in [0.4, 0.5) is 4.39 Å². The van der Waals surface area contributed by atoms with E-state index in [4.69, 9.17) is 14.8 Å². The van der Waals surface area contributed by atoms with Crippen molar-refractivity contribution in [2.75, 3.05) is 0 Å². The third kappa shape index (κ3) is 4.82. The highest BCUT2D eigenvalue weighted by molar-refractivity contribution is 6.09. The van der Waals surface area contributed by atoms with Gasteiger partial charge in [0, 0.05) is 40.4 Å². The number of nitrogens with zero attached hydrogens (tertiary/aromatic N) is 4. The second-order valence-corrected chi connectivity index (χ2v) is 12.3. The SMILES string of the molecule is Cc1nn(-c2cccc(Oc3ccc4c5cc(F)ccc5n(-c5cc(C(C)(C)C)ccn5)c4c3)c2)c(C)c1-c1ccccc1. The van der Waals surface area contributed by atoms with Crippen molar-refractivity contribution in [1.82, 2.24) is 19.3 Å². The van der Waals surface area contributed by atoms with Gasteiger partial charge in [-0.2, -0.15) is 5.10 Å². The molecule has 7 rings (SSSR count). The molecule has 5 nitrogen and oxygen atoms in total. The van der Waals surface area contributed by atoms with Crippen LogP contribution >= 0.6 is 0 Å². The summed E-state index contributed by atoms with van der Waals surface area (Å²) in [4.78, 5) is 4.73. The standard InChI is InChI=1S/C38H33FN4O/c1-24-37(26-10-7-6-8-11-26)25(2)43(41-24)29-12-9-13-30(22-29)44-31-15-16-32-33-21-28(39)14-17-34(33)42(35(32)23-31)36-20-27(18-19-40-36)38(3,4)5/h6-23H,1-5H3. The van der Waals surface area contributed by atoms with Crippen LogP contribution in [0, 0.1) is 19.7 Å². The van der Waals surface area contributed by atoms with Crippen molar-refractivity contribution in [3.63, 3.8) is 0 Å². The fraction of sp³-hybridized carbons (Fsp3) is 0.158. The molecule has 6 heteroatoms. The molecule has 0 saturated heterocycles. The molecule has 0 amide bonds. The molecule has 0 saturated carbocycles. The molecule has 0 bridgehead atoms. The molecule has 0 N–H and O–H groups in total. The van der Waals surface area contributed by atoms with E-state index in [9.17, 15) is 4.39 Å². The van der Waals surface area contributed by atoms with Crippen molar-refractivity contribution in [3.05, 3.63) is 132 Å².